The van der Waals surface area contributed by atoms with E-state index in [9.17, 15) is 4.79 Å². The molecule has 2 N–H and O–H groups in total. The largest absolute Gasteiger partial charge is 0.481 e. The SMILES string of the molecule is O=C(O)C1CCC(Nc2cc(N3CCCCC3)ncn2)CC1. The second-order valence-corrected chi connectivity index (χ2v) is 6.34. The van der Waals surface area contributed by atoms with Crippen LogP contribution in [0.1, 0.15) is 44.9 Å². The molecule has 6 heteroatoms. The van der Waals surface area contributed by atoms with Crippen LogP contribution in [0.15, 0.2) is 12.4 Å². The monoisotopic (exact) mass is 304 g/mol. The van der Waals surface area contributed by atoms with Gasteiger partial charge < -0.3 is 15.3 Å². The summed E-state index contributed by atoms with van der Waals surface area (Å²) < 4.78 is 0. The van der Waals surface area contributed by atoms with Gasteiger partial charge in [0, 0.05) is 25.2 Å². The van der Waals surface area contributed by atoms with Crippen molar-refractivity contribution in [1.82, 2.24) is 9.97 Å². The van der Waals surface area contributed by atoms with E-state index in [2.05, 4.69) is 20.2 Å². The Kier molecular flexibility index (Phi) is 4.75. The maximum Gasteiger partial charge on any atom is 0.306 e. The van der Waals surface area contributed by atoms with Gasteiger partial charge in [-0.3, -0.25) is 4.79 Å². The van der Waals surface area contributed by atoms with Gasteiger partial charge in [-0.25, -0.2) is 9.97 Å². The number of nitrogens with one attached hydrogen (secondary N) is 1. The number of aliphatic carboxylic acids is 1. The lowest BCUT2D eigenvalue weighted by Gasteiger charge is -2.29. The quantitative estimate of drug-likeness (QED) is 0.890. The molecule has 0 bridgehead atoms. The Morgan fingerprint density at radius 1 is 1.14 bits per heavy atom. The van der Waals surface area contributed by atoms with Crippen molar-refractivity contribution in [3.05, 3.63) is 12.4 Å². The Bertz CT molecular complexity index is 509. The molecule has 1 aliphatic heterocycles. The third-order valence-electron chi connectivity index (χ3n) is 4.76. The Labute approximate surface area is 131 Å². The van der Waals surface area contributed by atoms with E-state index in [4.69, 9.17) is 5.11 Å². The first-order valence-corrected chi connectivity index (χ1v) is 8.29. The van der Waals surface area contributed by atoms with Crippen molar-refractivity contribution in [2.75, 3.05) is 23.3 Å². The summed E-state index contributed by atoms with van der Waals surface area (Å²) in [6, 6.07) is 2.34. The van der Waals surface area contributed by atoms with Crippen molar-refractivity contribution in [2.24, 2.45) is 5.92 Å². The van der Waals surface area contributed by atoms with Gasteiger partial charge in [-0.05, 0) is 44.9 Å². The zero-order chi connectivity index (χ0) is 15.4. The fourth-order valence-corrected chi connectivity index (χ4v) is 3.42. The summed E-state index contributed by atoms with van der Waals surface area (Å²) in [5.74, 6) is 1.02. The van der Waals surface area contributed by atoms with Crippen LogP contribution in [0.4, 0.5) is 11.6 Å². The highest BCUT2D eigenvalue weighted by atomic mass is 16.4. The third-order valence-corrected chi connectivity index (χ3v) is 4.76. The minimum Gasteiger partial charge on any atom is -0.481 e. The summed E-state index contributed by atoms with van der Waals surface area (Å²) >= 11 is 0. The highest BCUT2D eigenvalue weighted by Crippen LogP contribution is 2.27. The molecule has 0 spiro atoms. The van der Waals surface area contributed by atoms with Crippen LogP contribution in [0.3, 0.4) is 0 Å². The summed E-state index contributed by atoms with van der Waals surface area (Å²) in [4.78, 5) is 22.0. The fourth-order valence-electron chi connectivity index (χ4n) is 3.42. The van der Waals surface area contributed by atoms with Gasteiger partial charge in [0.25, 0.3) is 0 Å². The summed E-state index contributed by atoms with van der Waals surface area (Å²) in [7, 11) is 0. The molecule has 2 fully saturated rings. The molecule has 0 amide bonds. The lowest BCUT2D eigenvalue weighted by Crippen LogP contribution is -2.31. The van der Waals surface area contributed by atoms with Gasteiger partial charge in [-0.2, -0.15) is 0 Å². The van der Waals surface area contributed by atoms with E-state index in [0.29, 0.717) is 6.04 Å². The number of nitrogens with zero attached hydrogens (tertiary/aromatic N) is 3. The molecule has 0 aromatic carbocycles. The Morgan fingerprint density at radius 2 is 1.86 bits per heavy atom. The van der Waals surface area contributed by atoms with E-state index in [-0.39, 0.29) is 5.92 Å². The van der Waals surface area contributed by atoms with Gasteiger partial charge in [0.1, 0.15) is 18.0 Å². The Balaban J connectivity index is 1.58. The van der Waals surface area contributed by atoms with Crippen LogP contribution < -0.4 is 10.2 Å². The zero-order valence-electron chi connectivity index (χ0n) is 12.9. The minimum absolute atomic E-state index is 0.174. The van der Waals surface area contributed by atoms with Crippen molar-refractivity contribution >= 4 is 17.6 Å². The number of carbonyl (C=O) groups is 1. The van der Waals surface area contributed by atoms with Gasteiger partial charge in [-0.1, -0.05) is 0 Å². The van der Waals surface area contributed by atoms with E-state index in [1.165, 1.54) is 19.3 Å². The molecule has 1 aliphatic carbocycles. The van der Waals surface area contributed by atoms with E-state index in [1.54, 1.807) is 6.33 Å². The average molecular weight is 304 g/mol. The van der Waals surface area contributed by atoms with Crippen molar-refractivity contribution in [3.63, 3.8) is 0 Å². The number of anilines is 2. The molecule has 22 heavy (non-hydrogen) atoms. The first-order valence-electron chi connectivity index (χ1n) is 8.29. The smallest absolute Gasteiger partial charge is 0.306 e. The molecular formula is C16H24N4O2. The van der Waals surface area contributed by atoms with Crippen LogP contribution in [0.2, 0.25) is 0 Å². The highest BCUT2D eigenvalue weighted by molar-refractivity contribution is 5.70. The molecule has 6 nitrogen and oxygen atoms in total. The van der Waals surface area contributed by atoms with E-state index in [1.807, 2.05) is 6.07 Å². The maximum atomic E-state index is 11.0. The van der Waals surface area contributed by atoms with Crippen LogP contribution in [-0.4, -0.2) is 40.2 Å². The number of carboxylic acids is 1. The molecule has 0 unspecified atom stereocenters. The molecule has 120 valence electrons. The summed E-state index contributed by atoms with van der Waals surface area (Å²) in [5, 5.41) is 12.5. The molecule has 1 saturated carbocycles. The van der Waals surface area contributed by atoms with Crippen LogP contribution in [0.5, 0.6) is 0 Å². The van der Waals surface area contributed by atoms with Gasteiger partial charge in [0.15, 0.2) is 0 Å². The zero-order valence-corrected chi connectivity index (χ0v) is 12.9. The molecule has 0 radical (unpaired) electrons. The predicted molar refractivity (Wildman–Crippen MR) is 85.1 cm³/mol. The Hall–Kier alpha value is -1.85. The average Bonchev–Trinajstić information content (AvgIpc) is 2.56. The predicted octanol–water partition coefficient (Wildman–Crippen LogP) is 2.52. The Morgan fingerprint density at radius 3 is 2.55 bits per heavy atom. The maximum absolute atomic E-state index is 11.0. The molecule has 2 heterocycles. The number of rotatable bonds is 4. The number of carboxylic acid groups (broad SMARTS) is 1. The van der Waals surface area contributed by atoms with Gasteiger partial charge >= 0.3 is 5.97 Å². The van der Waals surface area contributed by atoms with Crippen LogP contribution >= 0.6 is 0 Å². The second-order valence-electron chi connectivity index (χ2n) is 6.34. The van der Waals surface area contributed by atoms with Crippen LogP contribution in [0, 0.1) is 5.92 Å². The molecule has 2 aliphatic rings. The first kappa shape index (κ1) is 15.1. The van der Waals surface area contributed by atoms with E-state index in [0.717, 1.165) is 50.4 Å². The number of aromatic nitrogens is 2. The molecular weight excluding hydrogens is 280 g/mol. The molecule has 3 rings (SSSR count). The lowest BCUT2D eigenvalue weighted by atomic mass is 9.86. The lowest BCUT2D eigenvalue weighted by molar-refractivity contribution is -0.142. The standard InChI is InChI=1S/C16H24N4O2/c21-16(22)12-4-6-13(7-5-12)19-14-10-15(18-11-17-14)20-8-2-1-3-9-20/h10-13H,1-9H2,(H,21,22)(H,17,18,19). The van der Waals surface area contributed by atoms with Gasteiger partial charge in [-0.15, -0.1) is 0 Å². The molecule has 1 aromatic heterocycles. The highest BCUT2D eigenvalue weighted by Gasteiger charge is 2.26. The number of hydrogen-bond acceptors (Lipinski definition) is 5. The topological polar surface area (TPSA) is 78.4 Å². The van der Waals surface area contributed by atoms with Crippen molar-refractivity contribution in [3.8, 4) is 0 Å². The summed E-state index contributed by atoms with van der Waals surface area (Å²) in [6.07, 6.45) is 8.65. The van der Waals surface area contributed by atoms with Crippen molar-refractivity contribution < 1.29 is 9.90 Å². The van der Waals surface area contributed by atoms with Gasteiger partial charge in [0.2, 0.25) is 0 Å². The second kappa shape index (κ2) is 6.94. The fraction of sp³-hybridized carbons (Fsp3) is 0.688. The third kappa shape index (κ3) is 3.67. The first-order chi connectivity index (χ1) is 10.7. The van der Waals surface area contributed by atoms with Crippen LogP contribution in [0.25, 0.3) is 0 Å². The normalized spacial score (nSPS) is 25.7. The molecule has 0 atom stereocenters. The van der Waals surface area contributed by atoms with Crippen LogP contribution in [-0.2, 0) is 4.79 Å². The molecule has 1 saturated heterocycles. The number of hydrogen-bond donors (Lipinski definition) is 2. The van der Waals surface area contributed by atoms with Crippen molar-refractivity contribution in [1.29, 1.82) is 0 Å². The van der Waals surface area contributed by atoms with E-state index >= 15 is 0 Å². The van der Waals surface area contributed by atoms with Gasteiger partial charge in [0.05, 0.1) is 5.92 Å². The number of piperidine rings is 1. The molecule has 1 aromatic rings. The van der Waals surface area contributed by atoms with Crippen molar-refractivity contribution in [2.45, 2.75) is 51.0 Å². The summed E-state index contributed by atoms with van der Waals surface area (Å²) in [5.41, 5.74) is 0. The van der Waals surface area contributed by atoms with E-state index < -0.39 is 5.97 Å². The minimum atomic E-state index is -0.659. The summed E-state index contributed by atoms with van der Waals surface area (Å²) in [6.45, 7) is 2.14.